The number of rotatable bonds is 8. The number of benzene rings is 3. The van der Waals surface area contributed by atoms with E-state index in [1.54, 1.807) is 28.6 Å². The highest BCUT2D eigenvalue weighted by atomic mass is 32.2. The maximum Gasteiger partial charge on any atom is 0.251 e. The molecule has 8 heteroatoms. The van der Waals surface area contributed by atoms with Gasteiger partial charge in [0.05, 0.1) is 10.9 Å². The Hall–Kier alpha value is -3.20. The monoisotopic (exact) mass is 547 g/mol. The van der Waals surface area contributed by atoms with E-state index < -0.39 is 10.0 Å². The predicted molar refractivity (Wildman–Crippen MR) is 152 cm³/mol. The lowest BCUT2D eigenvalue weighted by Crippen LogP contribution is -2.48. The number of amides is 1. The fraction of sp³-hybridized carbons (Fsp3) is 0.387. The number of nitrogens with one attached hydrogen (secondary N) is 1. The molecular formula is C31H37N3O4S. The van der Waals surface area contributed by atoms with Gasteiger partial charge in [-0.15, -0.1) is 0 Å². The maximum atomic E-state index is 13.2. The first-order valence-corrected chi connectivity index (χ1v) is 15.2. The van der Waals surface area contributed by atoms with E-state index in [2.05, 4.69) is 24.1 Å². The second-order valence-corrected chi connectivity index (χ2v) is 12.4. The van der Waals surface area contributed by atoms with Crippen LogP contribution in [0.15, 0.2) is 83.8 Å². The van der Waals surface area contributed by atoms with Crippen molar-refractivity contribution in [3.05, 3.63) is 95.6 Å². The third kappa shape index (κ3) is 5.88. The second-order valence-electron chi connectivity index (χ2n) is 10.5. The zero-order chi connectivity index (χ0) is 27.5. The van der Waals surface area contributed by atoms with Gasteiger partial charge in [0.2, 0.25) is 10.0 Å². The van der Waals surface area contributed by atoms with Crippen LogP contribution in [0.4, 0.5) is 0 Å². The lowest BCUT2D eigenvalue weighted by Gasteiger charge is -2.41. The molecule has 2 aliphatic rings. The first-order valence-electron chi connectivity index (χ1n) is 13.8. The minimum Gasteiger partial charge on any atom is -0.487 e. The SMILES string of the molecule is CCC1(CC)C[C@H](NC(=O)c2ccc(CN3CCN(S(=O)(=O)c4ccccc4)CC3)cc2)c2ccccc2O1. The van der Waals surface area contributed by atoms with E-state index >= 15 is 0 Å². The van der Waals surface area contributed by atoms with Crippen LogP contribution in [0.2, 0.25) is 0 Å². The molecule has 5 rings (SSSR count). The summed E-state index contributed by atoms with van der Waals surface area (Å²) in [5.74, 6) is 0.758. The van der Waals surface area contributed by atoms with E-state index in [0.717, 1.165) is 36.1 Å². The van der Waals surface area contributed by atoms with Crippen molar-refractivity contribution in [1.29, 1.82) is 0 Å². The molecule has 0 radical (unpaired) electrons. The summed E-state index contributed by atoms with van der Waals surface area (Å²) >= 11 is 0. The Balaban J connectivity index is 1.19. The topological polar surface area (TPSA) is 79.0 Å². The molecule has 3 aromatic carbocycles. The molecule has 1 N–H and O–H groups in total. The van der Waals surface area contributed by atoms with Gasteiger partial charge in [0.15, 0.2) is 0 Å². The first kappa shape index (κ1) is 27.4. The summed E-state index contributed by atoms with van der Waals surface area (Å²) in [5, 5.41) is 3.26. The van der Waals surface area contributed by atoms with Crippen LogP contribution in [0.1, 0.15) is 60.6 Å². The van der Waals surface area contributed by atoms with Gasteiger partial charge in [-0.2, -0.15) is 4.31 Å². The van der Waals surface area contributed by atoms with Gasteiger partial charge in [0.1, 0.15) is 11.4 Å². The highest BCUT2D eigenvalue weighted by Crippen LogP contribution is 2.42. The summed E-state index contributed by atoms with van der Waals surface area (Å²) in [6, 6.07) is 24.2. The van der Waals surface area contributed by atoms with Gasteiger partial charge in [0, 0.05) is 50.3 Å². The van der Waals surface area contributed by atoms with Crippen molar-refractivity contribution in [1.82, 2.24) is 14.5 Å². The van der Waals surface area contributed by atoms with E-state index in [9.17, 15) is 13.2 Å². The van der Waals surface area contributed by atoms with Crippen LogP contribution in [-0.2, 0) is 16.6 Å². The molecule has 1 saturated heterocycles. The minimum atomic E-state index is -3.46. The Bertz CT molecular complexity index is 1380. The van der Waals surface area contributed by atoms with Crippen molar-refractivity contribution >= 4 is 15.9 Å². The molecule has 3 aromatic rings. The zero-order valence-corrected chi connectivity index (χ0v) is 23.5. The standard InChI is InChI=1S/C31H37N3O4S/c1-3-31(4-2)22-28(27-12-8-9-13-29(27)38-31)32-30(35)25-16-14-24(15-17-25)23-33-18-20-34(21-19-33)39(36,37)26-10-6-5-7-11-26/h5-17,28H,3-4,18-23H2,1-2H3,(H,32,35)/t28-/m0/s1. The van der Waals surface area contributed by atoms with E-state index in [-0.39, 0.29) is 17.6 Å². The average molecular weight is 548 g/mol. The smallest absolute Gasteiger partial charge is 0.251 e. The van der Waals surface area contributed by atoms with Crippen molar-refractivity contribution in [2.24, 2.45) is 0 Å². The summed E-state index contributed by atoms with van der Waals surface area (Å²) in [5.41, 5.74) is 2.47. The molecule has 2 heterocycles. The summed E-state index contributed by atoms with van der Waals surface area (Å²) in [7, 11) is -3.46. The van der Waals surface area contributed by atoms with Gasteiger partial charge in [-0.05, 0) is 48.7 Å². The normalized spacial score (nSPS) is 19.6. The number of sulfonamides is 1. The van der Waals surface area contributed by atoms with E-state index in [4.69, 9.17) is 4.74 Å². The number of ether oxygens (including phenoxy) is 1. The number of carbonyl (C=O) groups excluding carboxylic acids is 1. The number of hydrogen-bond acceptors (Lipinski definition) is 5. The lowest BCUT2D eigenvalue weighted by molar-refractivity contribution is 0.0227. The van der Waals surface area contributed by atoms with Crippen molar-refractivity contribution < 1.29 is 17.9 Å². The highest BCUT2D eigenvalue weighted by Gasteiger charge is 2.39. The molecule has 39 heavy (non-hydrogen) atoms. The maximum absolute atomic E-state index is 13.2. The van der Waals surface area contributed by atoms with Crippen LogP contribution in [-0.4, -0.2) is 55.3 Å². The molecule has 206 valence electrons. The molecule has 0 bridgehead atoms. The van der Waals surface area contributed by atoms with Gasteiger partial charge in [-0.3, -0.25) is 9.69 Å². The quantitative estimate of drug-likeness (QED) is 0.429. The molecule has 0 aliphatic carbocycles. The zero-order valence-electron chi connectivity index (χ0n) is 22.7. The molecule has 0 unspecified atom stereocenters. The largest absolute Gasteiger partial charge is 0.487 e. The third-order valence-corrected chi connectivity index (χ3v) is 10.0. The summed E-state index contributed by atoms with van der Waals surface area (Å²) < 4.78 is 33.7. The van der Waals surface area contributed by atoms with Gasteiger partial charge in [0.25, 0.3) is 5.91 Å². The Labute approximate surface area is 231 Å². The van der Waals surface area contributed by atoms with E-state index in [1.807, 2.05) is 54.6 Å². The van der Waals surface area contributed by atoms with Crippen LogP contribution >= 0.6 is 0 Å². The first-order chi connectivity index (χ1) is 18.8. The van der Waals surface area contributed by atoms with Crippen molar-refractivity contribution in [3.8, 4) is 5.75 Å². The van der Waals surface area contributed by atoms with Crippen LogP contribution in [0.5, 0.6) is 5.75 Å². The number of carbonyl (C=O) groups is 1. The Morgan fingerprint density at radius 1 is 0.897 bits per heavy atom. The van der Waals surface area contributed by atoms with Gasteiger partial charge < -0.3 is 10.1 Å². The van der Waals surface area contributed by atoms with Gasteiger partial charge in [-0.1, -0.05) is 62.4 Å². The molecular weight excluding hydrogens is 510 g/mol. The molecule has 1 fully saturated rings. The molecule has 0 spiro atoms. The highest BCUT2D eigenvalue weighted by molar-refractivity contribution is 7.89. The molecule has 0 aromatic heterocycles. The number of piperazine rings is 1. The van der Waals surface area contributed by atoms with E-state index in [0.29, 0.717) is 43.2 Å². The average Bonchev–Trinajstić information content (AvgIpc) is 2.98. The summed E-state index contributed by atoms with van der Waals surface area (Å²) in [6.07, 6.45) is 2.50. The van der Waals surface area contributed by atoms with Crippen molar-refractivity contribution in [2.75, 3.05) is 26.2 Å². The van der Waals surface area contributed by atoms with Crippen LogP contribution in [0.3, 0.4) is 0 Å². The van der Waals surface area contributed by atoms with Crippen LogP contribution in [0.25, 0.3) is 0 Å². The minimum absolute atomic E-state index is 0.0934. The molecule has 1 amide bonds. The summed E-state index contributed by atoms with van der Waals surface area (Å²) in [4.78, 5) is 15.8. The fourth-order valence-corrected chi connectivity index (χ4v) is 7.00. The Morgan fingerprint density at radius 2 is 1.54 bits per heavy atom. The Kier molecular flexibility index (Phi) is 8.07. The van der Waals surface area contributed by atoms with Gasteiger partial charge >= 0.3 is 0 Å². The van der Waals surface area contributed by atoms with E-state index in [1.165, 1.54) is 0 Å². The Morgan fingerprint density at radius 3 is 2.21 bits per heavy atom. The van der Waals surface area contributed by atoms with Crippen molar-refractivity contribution in [2.45, 2.75) is 56.2 Å². The van der Waals surface area contributed by atoms with Crippen LogP contribution in [0, 0.1) is 0 Å². The number of fused-ring (bicyclic) bond motifs is 1. The van der Waals surface area contributed by atoms with Gasteiger partial charge in [-0.25, -0.2) is 8.42 Å². The predicted octanol–water partition coefficient (Wildman–Crippen LogP) is 5.01. The lowest BCUT2D eigenvalue weighted by atomic mass is 9.83. The van der Waals surface area contributed by atoms with Crippen molar-refractivity contribution in [3.63, 3.8) is 0 Å². The number of nitrogens with zero attached hydrogens (tertiary/aromatic N) is 2. The third-order valence-electron chi connectivity index (χ3n) is 8.13. The number of hydrogen-bond donors (Lipinski definition) is 1. The number of para-hydroxylation sites is 1. The van der Waals surface area contributed by atoms with Crippen LogP contribution < -0.4 is 10.1 Å². The molecule has 2 aliphatic heterocycles. The molecule has 7 nitrogen and oxygen atoms in total. The fourth-order valence-electron chi connectivity index (χ4n) is 5.56. The second kappa shape index (κ2) is 11.5. The molecule has 0 saturated carbocycles. The molecule has 1 atom stereocenters. The summed E-state index contributed by atoms with van der Waals surface area (Å²) in [6.45, 7) is 7.23.